The van der Waals surface area contributed by atoms with Crippen LogP contribution in [0.5, 0.6) is 0 Å². The molecule has 4 nitrogen and oxygen atoms in total. The number of amides is 1. The fourth-order valence-electron chi connectivity index (χ4n) is 5.27. The molecule has 3 aromatic rings. The minimum atomic E-state index is 0. The second-order valence-corrected chi connectivity index (χ2v) is 11.7. The first-order valence-corrected chi connectivity index (χ1v) is 14.2. The smallest absolute Gasteiger partial charge is 0.227 e. The number of hydrogen-bond acceptors (Lipinski definition) is 3. The van der Waals surface area contributed by atoms with Gasteiger partial charge < -0.3 is 15.5 Å². The van der Waals surface area contributed by atoms with Crippen LogP contribution in [0.2, 0.25) is 0 Å². The maximum atomic E-state index is 13.0. The molecule has 0 spiro atoms. The minimum Gasteiger partial charge on any atom is -0.342 e. The predicted molar refractivity (Wildman–Crippen MR) is 163 cm³/mol. The lowest BCUT2D eigenvalue weighted by Gasteiger charge is -2.32. The molecule has 1 aliphatic rings. The normalized spacial score (nSPS) is 14.4. The van der Waals surface area contributed by atoms with Crippen molar-refractivity contribution in [3.05, 3.63) is 83.4 Å². The third-order valence-corrected chi connectivity index (χ3v) is 7.73. The van der Waals surface area contributed by atoms with Crippen LogP contribution in [0.15, 0.2) is 66.7 Å². The number of hydrogen-bond donors (Lipinski definition) is 2. The van der Waals surface area contributed by atoms with E-state index in [9.17, 15) is 4.79 Å². The molecule has 38 heavy (non-hydrogen) atoms. The molecule has 4 rings (SSSR count). The Balaban J connectivity index is 0.00000400. The molecule has 0 unspecified atom stereocenters. The van der Waals surface area contributed by atoms with Gasteiger partial charge in [0, 0.05) is 19.6 Å². The molecule has 1 heterocycles. The van der Waals surface area contributed by atoms with Crippen LogP contribution in [-0.2, 0) is 23.2 Å². The molecule has 0 atom stereocenters. The van der Waals surface area contributed by atoms with Gasteiger partial charge in [0.25, 0.3) is 0 Å². The molecule has 1 aliphatic heterocycles. The Bertz CT molecular complexity index is 1130. The summed E-state index contributed by atoms with van der Waals surface area (Å²) in [7, 11) is 0. The Morgan fingerprint density at radius 2 is 1.53 bits per heavy atom. The summed E-state index contributed by atoms with van der Waals surface area (Å²) in [6, 6.07) is 23.6. The third kappa shape index (κ3) is 8.83. The number of rotatable bonds is 11. The number of benzene rings is 3. The molecule has 3 aromatic carbocycles. The van der Waals surface area contributed by atoms with Crippen LogP contribution >= 0.6 is 12.4 Å². The zero-order valence-electron chi connectivity index (χ0n) is 23.5. The van der Waals surface area contributed by atoms with Gasteiger partial charge in [0.15, 0.2) is 0 Å². The summed E-state index contributed by atoms with van der Waals surface area (Å²) in [4.78, 5) is 15.0. The van der Waals surface area contributed by atoms with Crippen molar-refractivity contribution in [1.82, 2.24) is 15.5 Å². The molecule has 2 N–H and O–H groups in total. The molecule has 0 aliphatic carbocycles. The Kier molecular flexibility index (Phi) is 11.6. The van der Waals surface area contributed by atoms with E-state index in [1.807, 2.05) is 0 Å². The Hall–Kier alpha value is -2.40. The van der Waals surface area contributed by atoms with Gasteiger partial charge in [0.2, 0.25) is 5.91 Å². The number of likely N-dealkylation sites (tertiary alicyclic amines) is 1. The molecule has 1 saturated heterocycles. The van der Waals surface area contributed by atoms with Gasteiger partial charge in [-0.05, 0) is 84.1 Å². The van der Waals surface area contributed by atoms with Crippen LogP contribution in [0.3, 0.4) is 0 Å². The number of nitrogens with one attached hydrogen (secondary N) is 2. The number of nitrogens with zero attached hydrogens (tertiary/aromatic N) is 1. The number of unbranched alkanes of at least 4 members (excludes halogenated alkanes) is 1. The first kappa shape index (κ1) is 30.1. The van der Waals surface area contributed by atoms with Crippen molar-refractivity contribution in [2.45, 2.75) is 64.8 Å². The Morgan fingerprint density at radius 1 is 0.868 bits per heavy atom. The molecule has 1 fully saturated rings. The summed E-state index contributed by atoms with van der Waals surface area (Å²) >= 11 is 0. The fourth-order valence-corrected chi connectivity index (χ4v) is 5.27. The van der Waals surface area contributed by atoms with Crippen molar-refractivity contribution in [1.29, 1.82) is 0 Å². The number of piperidine rings is 1. The maximum absolute atomic E-state index is 13.0. The SMILES string of the molecule is CC(C)(C)c1ccc(CNCCCCNCC2CCN(C(=O)Cc3cccc4ccccc34)CC2)cc1.Cl. The number of carbonyl (C=O) groups excluding carboxylic acids is 1. The van der Waals surface area contributed by atoms with Crippen LogP contribution in [0.1, 0.15) is 63.1 Å². The van der Waals surface area contributed by atoms with Crippen molar-refractivity contribution in [3.8, 4) is 0 Å². The van der Waals surface area contributed by atoms with Crippen molar-refractivity contribution in [2.24, 2.45) is 5.92 Å². The van der Waals surface area contributed by atoms with Crippen molar-refractivity contribution < 1.29 is 4.79 Å². The molecule has 0 aromatic heterocycles. The highest BCUT2D eigenvalue weighted by atomic mass is 35.5. The van der Waals surface area contributed by atoms with Gasteiger partial charge in [-0.1, -0.05) is 87.5 Å². The monoisotopic (exact) mass is 535 g/mol. The fraction of sp³-hybridized carbons (Fsp3) is 0.485. The Labute approximate surface area is 236 Å². The van der Waals surface area contributed by atoms with E-state index in [1.54, 1.807) is 0 Å². The van der Waals surface area contributed by atoms with Crippen molar-refractivity contribution >= 4 is 29.1 Å². The molecular formula is C33H46ClN3O. The van der Waals surface area contributed by atoms with Crippen LogP contribution in [0, 0.1) is 5.92 Å². The van der Waals surface area contributed by atoms with Gasteiger partial charge in [-0.25, -0.2) is 0 Å². The van der Waals surface area contributed by atoms with E-state index >= 15 is 0 Å². The van der Waals surface area contributed by atoms with Crippen LogP contribution in [-0.4, -0.2) is 43.5 Å². The van der Waals surface area contributed by atoms with E-state index in [4.69, 9.17) is 0 Å². The van der Waals surface area contributed by atoms with E-state index in [1.165, 1.54) is 34.7 Å². The molecule has 0 saturated carbocycles. The second kappa shape index (κ2) is 14.7. The maximum Gasteiger partial charge on any atom is 0.227 e. The van der Waals surface area contributed by atoms with Crippen LogP contribution in [0.4, 0.5) is 0 Å². The zero-order chi connectivity index (χ0) is 26.1. The molecular weight excluding hydrogens is 490 g/mol. The standard InChI is InChI=1S/C33H45N3O.ClH/c1-33(2,3)30-15-13-26(14-16-30)24-34-19-6-7-20-35-25-27-17-21-36(22-18-27)32(37)23-29-11-8-10-28-9-4-5-12-31(28)29;/h4-5,8-16,27,34-35H,6-7,17-25H2,1-3H3;1H. The van der Waals surface area contributed by atoms with Gasteiger partial charge >= 0.3 is 0 Å². The predicted octanol–water partition coefficient (Wildman–Crippen LogP) is 6.50. The largest absolute Gasteiger partial charge is 0.342 e. The lowest BCUT2D eigenvalue weighted by Crippen LogP contribution is -2.41. The molecule has 0 radical (unpaired) electrons. The van der Waals surface area contributed by atoms with Gasteiger partial charge in [-0.2, -0.15) is 0 Å². The van der Waals surface area contributed by atoms with E-state index < -0.39 is 0 Å². The first-order valence-electron chi connectivity index (χ1n) is 14.2. The highest BCUT2D eigenvalue weighted by Gasteiger charge is 2.23. The van der Waals surface area contributed by atoms with Gasteiger partial charge in [-0.3, -0.25) is 4.79 Å². The molecule has 1 amide bonds. The molecule has 206 valence electrons. The molecule has 5 heteroatoms. The highest BCUT2D eigenvalue weighted by molar-refractivity contribution is 5.90. The average molecular weight is 536 g/mol. The van der Waals surface area contributed by atoms with Crippen LogP contribution in [0.25, 0.3) is 10.8 Å². The van der Waals surface area contributed by atoms with Crippen LogP contribution < -0.4 is 10.6 Å². The van der Waals surface area contributed by atoms with E-state index in [2.05, 4.69) is 103 Å². The highest BCUT2D eigenvalue weighted by Crippen LogP contribution is 2.23. The summed E-state index contributed by atoms with van der Waals surface area (Å²) in [5.41, 5.74) is 4.10. The first-order chi connectivity index (χ1) is 17.9. The van der Waals surface area contributed by atoms with Gasteiger partial charge in [-0.15, -0.1) is 12.4 Å². The van der Waals surface area contributed by atoms with Gasteiger partial charge in [0.05, 0.1) is 6.42 Å². The average Bonchev–Trinajstić information content (AvgIpc) is 2.90. The number of halogens is 1. The zero-order valence-corrected chi connectivity index (χ0v) is 24.3. The van der Waals surface area contributed by atoms with Gasteiger partial charge in [0.1, 0.15) is 0 Å². The Morgan fingerprint density at radius 3 is 2.24 bits per heavy atom. The summed E-state index contributed by atoms with van der Waals surface area (Å²) in [5.74, 6) is 0.941. The third-order valence-electron chi connectivity index (χ3n) is 7.73. The number of carbonyl (C=O) groups is 1. The lowest BCUT2D eigenvalue weighted by molar-refractivity contribution is -0.131. The quantitative estimate of drug-likeness (QED) is 0.275. The minimum absolute atomic E-state index is 0. The van der Waals surface area contributed by atoms with E-state index in [0.29, 0.717) is 12.3 Å². The van der Waals surface area contributed by atoms with Crippen molar-refractivity contribution in [3.63, 3.8) is 0 Å². The second-order valence-electron chi connectivity index (χ2n) is 11.7. The summed E-state index contributed by atoms with van der Waals surface area (Å²) in [6.07, 6.45) is 5.08. The summed E-state index contributed by atoms with van der Waals surface area (Å²) in [6.45, 7) is 12.7. The van der Waals surface area contributed by atoms with Crippen molar-refractivity contribution in [2.75, 3.05) is 32.7 Å². The number of fused-ring (bicyclic) bond motifs is 1. The van der Waals surface area contributed by atoms with E-state index in [-0.39, 0.29) is 23.7 Å². The lowest BCUT2D eigenvalue weighted by atomic mass is 9.87. The van der Waals surface area contributed by atoms with E-state index in [0.717, 1.165) is 57.7 Å². The summed E-state index contributed by atoms with van der Waals surface area (Å²) < 4.78 is 0. The summed E-state index contributed by atoms with van der Waals surface area (Å²) in [5, 5.41) is 9.64. The molecule has 0 bridgehead atoms. The topological polar surface area (TPSA) is 44.4 Å².